The zero-order valence-electron chi connectivity index (χ0n) is 15.7. The molecule has 0 bridgehead atoms. The monoisotopic (exact) mass is 419 g/mol. The number of thiazole rings is 1. The van der Waals surface area contributed by atoms with Crippen molar-refractivity contribution in [1.29, 1.82) is 0 Å². The van der Waals surface area contributed by atoms with Gasteiger partial charge in [-0.3, -0.25) is 0 Å². The molecule has 3 aromatic rings. The summed E-state index contributed by atoms with van der Waals surface area (Å²) in [6.45, 7) is 5.24. The molecule has 1 aliphatic rings. The van der Waals surface area contributed by atoms with Gasteiger partial charge in [0.1, 0.15) is 0 Å². The molecule has 0 aliphatic carbocycles. The number of rotatable bonds is 6. The normalized spacial score (nSPS) is 13.7. The van der Waals surface area contributed by atoms with Gasteiger partial charge >= 0.3 is 6.03 Å². The molecule has 0 atom stereocenters. The number of urea groups is 1. The number of aromatic nitrogens is 3. The summed E-state index contributed by atoms with van der Waals surface area (Å²) < 4.78 is 7.21. The van der Waals surface area contributed by atoms with Gasteiger partial charge in [0.2, 0.25) is 4.96 Å². The van der Waals surface area contributed by atoms with E-state index < -0.39 is 0 Å². The third-order valence-electron chi connectivity index (χ3n) is 4.66. The minimum Gasteiger partial charge on any atom is -0.382 e. The van der Waals surface area contributed by atoms with Crippen molar-refractivity contribution in [3.05, 3.63) is 39.9 Å². The zero-order valence-corrected chi connectivity index (χ0v) is 17.2. The Morgan fingerprint density at radius 3 is 2.96 bits per heavy atom. The van der Waals surface area contributed by atoms with Gasteiger partial charge in [-0.05, 0) is 37.6 Å². The van der Waals surface area contributed by atoms with E-state index in [1.807, 2.05) is 40.6 Å². The number of hydrogen-bond donors (Lipinski definition) is 1. The number of nitrogens with one attached hydrogen (secondary N) is 1. The van der Waals surface area contributed by atoms with Crippen molar-refractivity contribution >= 4 is 33.9 Å². The van der Waals surface area contributed by atoms with Gasteiger partial charge in [0.05, 0.1) is 12.2 Å². The first-order valence-electron chi connectivity index (χ1n) is 9.39. The highest BCUT2D eigenvalue weighted by Gasteiger charge is 2.26. The largest absolute Gasteiger partial charge is 0.382 e. The maximum atomic E-state index is 12.4. The fourth-order valence-electron chi connectivity index (χ4n) is 3.21. The van der Waals surface area contributed by atoms with E-state index in [0.717, 1.165) is 33.9 Å². The Kier molecular flexibility index (Phi) is 5.79. The van der Waals surface area contributed by atoms with Crippen LogP contribution in [0.5, 0.6) is 0 Å². The molecule has 3 heterocycles. The number of fused-ring (bicyclic) bond motifs is 3. The second kappa shape index (κ2) is 8.46. The number of ether oxygens (including phenoxy) is 1. The smallest absolute Gasteiger partial charge is 0.317 e. The summed E-state index contributed by atoms with van der Waals surface area (Å²) >= 11 is 7.55. The van der Waals surface area contributed by atoms with E-state index >= 15 is 0 Å². The van der Waals surface area contributed by atoms with Gasteiger partial charge in [0, 0.05) is 48.2 Å². The lowest BCUT2D eigenvalue weighted by atomic mass is 10.2. The highest BCUT2D eigenvalue weighted by Crippen LogP contribution is 2.29. The molecule has 1 aliphatic heterocycles. The maximum Gasteiger partial charge on any atom is 0.317 e. The second-order valence-corrected chi connectivity index (χ2v) is 8.06. The molecule has 7 nitrogen and oxygen atoms in total. The SMILES string of the molecule is CCOCCCNC(=O)N1CCc2c(sc3nc(-c4ccc(Cl)cc4)nn23)C1. The van der Waals surface area contributed by atoms with Crippen molar-refractivity contribution in [2.24, 2.45) is 0 Å². The molecule has 0 saturated carbocycles. The fourth-order valence-corrected chi connectivity index (χ4v) is 4.45. The van der Waals surface area contributed by atoms with Gasteiger partial charge in [-0.2, -0.15) is 4.98 Å². The van der Waals surface area contributed by atoms with Crippen LogP contribution in [0.4, 0.5) is 4.79 Å². The average Bonchev–Trinajstić information content (AvgIpc) is 3.25. The van der Waals surface area contributed by atoms with Crippen LogP contribution in [0.25, 0.3) is 16.3 Å². The van der Waals surface area contributed by atoms with Crippen molar-refractivity contribution in [1.82, 2.24) is 24.8 Å². The molecule has 0 spiro atoms. The molecule has 148 valence electrons. The highest BCUT2D eigenvalue weighted by atomic mass is 35.5. The van der Waals surface area contributed by atoms with Gasteiger partial charge in [0.25, 0.3) is 0 Å². The molecule has 28 heavy (non-hydrogen) atoms. The van der Waals surface area contributed by atoms with Crippen LogP contribution in [-0.4, -0.2) is 51.8 Å². The van der Waals surface area contributed by atoms with E-state index in [-0.39, 0.29) is 6.03 Å². The second-order valence-electron chi connectivity index (χ2n) is 6.56. The van der Waals surface area contributed by atoms with Crippen LogP contribution < -0.4 is 5.32 Å². The number of carbonyl (C=O) groups excluding carboxylic acids is 1. The molecule has 4 rings (SSSR count). The number of carbonyl (C=O) groups is 1. The molecule has 9 heteroatoms. The van der Waals surface area contributed by atoms with E-state index in [2.05, 4.69) is 15.4 Å². The summed E-state index contributed by atoms with van der Waals surface area (Å²) in [5, 5.41) is 8.33. The van der Waals surface area contributed by atoms with Crippen molar-refractivity contribution < 1.29 is 9.53 Å². The van der Waals surface area contributed by atoms with Crippen LogP contribution >= 0.6 is 22.9 Å². The lowest BCUT2D eigenvalue weighted by molar-refractivity contribution is 0.143. The lowest BCUT2D eigenvalue weighted by Crippen LogP contribution is -2.43. The van der Waals surface area contributed by atoms with E-state index in [9.17, 15) is 4.79 Å². The Morgan fingerprint density at radius 1 is 1.36 bits per heavy atom. The van der Waals surface area contributed by atoms with Crippen LogP contribution in [0, 0.1) is 0 Å². The van der Waals surface area contributed by atoms with Crippen molar-refractivity contribution in [2.75, 3.05) is 26.3 Å². The van der Waals surface area contributed by atoms with Crippen LogP contribution in [0.15, 0.2) is 24.3 Å². The predicted molar refractivity (Wildman–Crippen MR) is 110 cm³/mol. The van der Waals surface area contributed by atoms with Crippen LogP contribution in [0.2, 0.25) is 5.02 Å². The minimum atomic E-state index is -0.0250. The zero-order chi connectivity index (χ0) is 19.5. The highest BCUT2D eigenvalue weighted by molar-refractivity contribution is 7.17. The van der Waals surface area contributed by atoms with Crippen LogP contribution in [0.3, 0.4) is 0 Å². The molecular weight excluding hydrogens is 398 g/mol. The molecule has 0 unspecified atom stereocenters. The Hall–Kier alpha value is -2.16. The first-order chi connectivity index (χ1) is 13.7. The lowest BCUT2D eigenvalue weighted by Gasteiger charge is -2.26. The van der Waals surface area contributed by atoms with E-state index in [1.54, 1.807) is 11.3 Å². The number of halogens is 1. The predicted octanol–water partition coefficient (Wildman–Crippen LogP) is 3.61. The first kappa shape index (κ1) is 19.2. The van der Waals surface area contributed by atoms with Crippen LogP contribution in [0.1, 0.15) is 23.9 Å². The van der Waals surface area contributed by atoms with E-state index in [4.69, 9.17) is 16.3 Å². The van der Waals surface area contributed by atoms with Crippen LogP contribution in [-0.2, 0) is 17.7 Å². The Labute approximate surface area is 172 Å². The van der Waals surface area contributed by atoms with Gasteiger partial charge < -0.3 is 15.0 Å². The van der Waals surface area contributed by atoms with Crippen molar-refractivity contribution in [3.63, 3.8) is 0 Å². The molecule has 1 aromatic carbocycles. The quantitative estimate of drug-likeness (QED) is 0.619. The fraction of sp³-hybridized carbons (Fsp3) is 0.421. The summed E-state index contributed by atoms with van der Waals surface area (Å²) in [7, 11) is 0. The topological polar surface area (TPSA) is 71.8 Å². The summed E-state index contributed by atoms with van der Waals surface area (Å²) in [5.74, 6) is 0.695. The Balaban J connectivity index is 1.43. The number of nitrogens with zero attached hydrogens (tertiary/aromatic N) is 4. The third kappa shape index (κ3) is 3.99. The molecule has 1 N–H and O–H groups in total. The minimum absolute atomic E-state index is 0.0250. The third-order valence-corrected chi connectivity index (χ3v) is 5.97. The molecular formula is C19H22ClN5O2S. The average molecular weight is 420 g/mol. The number of benzene rings is 1. The van der Waals surface area contributed by atoms with Gasteiger partial charge in [-0.25, -0.2) is 9.31 Å². The van der Waals surface area contributed by atoms with E-state index in [0.29, 0.717) is 43.7 Å². The Morgan fingerprint density at radius 2 is 2.18 bits per heavy atom. The summed E-state index contributed by atoms with van der Waals surface area (Å²) in [4.78, 5) is 20.9. The molecule has 0 saturated heterocycles. The van der Waals surface area contributed by atoms with Gasteiger partial charge in [-0.15, -0.1) is 5.10 Å². The van der Waals surface area contributed by atoms with Gasteiger partial charge in [0.15, 0.2) is 5.82 Å². The molecule has 2 aromatic heterocycles. The molecule has 2 amide bonds. The summed E-state index contributed by atoms with van der Waals surface area (Å²) in [6, 6.07) is 7.50. The molecule has 0 fully saturated rings. The first-order valence-corrected chi connectivity index (χ1v) is 10.6. The summed E-state index contributed by atoms with van der Waals surface area (Å²) in [5.41, 5.74) is 2.09. The number of hydrogen-bond acceptors (Lipinski definition) is 5. The standard InChI is InChI=1S/C19H22ClN5O2S/c1-2-27-11-3-9-21-18(26)24-10-8-15-16(12-24)28-19-22-17(23-25(15)19)13-4-6-14(20)7-5-13/h4-7H,2-3,8-12H2,1H3,(H,21,26). The van der Waals surface area contributed by atoms with Gasteiger partial charge in [-0.1, -0.05) is 22.9 Å². The molecule has 0 radical (unpaired) electrons. The maximum absolute atomic E-state index is 12.4. The van der Waals surface area contributed by atoms with Crippen molar-refractivity contribution in [3.8, 4) is 11.4 Å². The summed E-state index contributed by atoms with van der Waals surface area (Å²) in [6.07, 6.45) is 1.59. The Bertz CT molecular complexity index is 969. The van der Waals surface area contributed by atoms with Crippen molar-refractivity contribution in [2.45, 2.75) is 26.3 Å². The van der Waals surface area contributed by atoms with E-state index in [1.165, 1.54) is 0 Å². The number of amides is 2.